The minimum absolute atomic E-state index is 0.0127. The van der Waals surface area contributed by atoms with Crippen LogP contribution in [0.1, 0.15) is 56.1 Å². The summed E-state index contributed by atoms with van der Waals surface area (Å²) in [5, 5.41) is 16.2. The maximum Gasteiger partial charge on any atom is 0.309 e. The van der Waals surface area contributed by atoms with Crippen LogP contribution in [0.4, 0.5) is 4.39 Å². The van der Waals surface area contributed by atoms with Gasteiger partial charge in [-0.15, -0.1) is 0 Å². The summed E-state index contributed by atoms with van der Waals surface area (Å²) in [5.74, 6) is -1.54. The van der Waals surface area contributed by atoms with Crippen LogP contribution in [0.5, 0.6) is 0 Å². The predicted octanol–water partition coefficient (Wildman–Crippen LogP) is 3.37. The largest absolute Gasteiger partial charge is 0.481 e. The lowest BCUT2D eigenvalue weighted by molar-refractivity contribution is -0.147. The molecule has 6 nitrogen and oxygen atoms in total. The minimum atomic E-state index is -0.910. The average Bonchev–Trinajstić information content (AvgIpc) is 3.00. The number of nitrogens with one attached hydrogen (secondary N) is 1. The molecule has 1 amide bonds. The van der Waals surface area contributed by atoms with Crippen molar-refractivity contribution < 1.29 is 19.1 Å². The van der Waals surface area contributed by atoms with Crippen LogP contribution in [0, 0.1) is 11.2 Å². The van der Waals surface area contributed by atoms with Crippen LogP contribution in [0.15, 0.2) is 30.5 Å². The number of nitrogens with zero attached hydrogens (tertiary/aromatic N) is 2. The fourth-order valence-electron chi connectivity index (χ4n) is 2.57. The molecule has 1 aromatic heterocycles. The molecular weight excluding hydrogens is 337 g/mol. The van der Waals surface area contributed by atoms with E-state index in [1.165, 1.54) is 18.3 Å². The number of hydrogen-bond acceptors (Lipinski definition) is 3. The van der Waals surface area contributed by atoms with Gasteiger partial charge in [-0.3, -0.25) is 9.59 Å². The maximum atomic E-state index is 13.2. The monoisotopic (exact) mass is 361 g/mol. The molecule has 0 radical (unpaired) electrons. The first-order valence-electron chi connectivity index (χ1n) is 8.49. The van der Waals surface area contributed by atoms with Crippen LogP contribution >= 0.6 is 0 Å². The third-order valence-electron chi connectivity index (χ3n) is 4.28. The number of aromatic nitrogens is 2. The lowest BCUT2D eigenvalue weighted by Crippen LogP contribution is -2.32. The number of aliphatic carboxylic acids is 1. The van der Waals surface area contributed by atoms with E-state index >= 15 is 0 Å². The highest BCUT2D eigenvalue weighted by Crippen LogP contribution is 2.24. The zero-order valence-corrected chi connectivity index (χ0v) is 15.4. The van der Waals surface area contributed by atoms with E-state index in [9.17, 15) is 14.0 Å². The second kappa shape index (κ2) is 7.68. The number of carboxylic acid groups (broad SMARTS) is 1. The quantitative estimate of drug-likeness (QED) is 0.792. The Hall–Kier alpha value is -2.70. The third-order valence-corrected chi connectivity index (χ3v) is 4.28. The summed E-state index contributed by atoms with van der Waals surface area (Å²) >= 11 is 0. The molecule has 0 spiro atoms. The molecule has 2 aromatic rings. The van der Waals surface area contributed by atoms with E-state index < -0.39 is 11.4 Å². The normalized spacial score (nSPS) is 11.6. The maximum absolute atomic E-state index is 13.2. The van der Waals surface area contributed by atoms with Gasteiger partial charge in [0.2, 0.25) is 0 Å². The van der Waals surface area contributed by atoms with Gasteiger partial charge in [-0.1, -0.05) is 13.8 Å². The Balaban J connectivity index is 2.20. The van der Waals surface area contributed by atoms with Crippen LogP contribution in [-0.4, -0.2) is 33.3 Å². The lowest BCUT2D eigenvalue weighted by Gasteiger charge is -2.19. The van der Waals surface area contributed by atoms with E-state index in [1.807, 2.05) is 13.8 Å². The molecule has 0 aliphatic carbocycles. The van der Waals surface area contributed by atoms with Gasteiger partial charge in [-0.05, 0) is 50.5 Å². The summed E-state index contributed by atoms with van der Waals surface area (Å²) in [6.45, 7) is 7.38. The Bertz CT molecular complexity index is 795. The summed E-state index contributed by atoms with van der Waals surface area (Å²) in [5.41, 5.74) is 0.900. The van der Waals surface area contributed by atoms with Gasteiger partial charge < -0.3 is 10.4 Å². The summed E-state index contributed by atoms with van der Waals surface area (Å²) in [6.07, 6.45) is 1.80. The number of halogens is 1. The number of carbonyl (C=O) groups excluding carboxylic acids is 1. The first-order chi connectivity index (χ1) is 12.1. The van der Waals surface area contributed by atoms with Gasteiger partial charge in [0, 0.05) is 6.54 Å². The standard InChI is InChI=1S/C19H24FN3O3/c1-12(2)16-15(17(24)21-10-9-19(3,4)18(25)26)11-22-23(16)14-7-5-13(20)6-8-14/h5-8,11-12H,9-10H2,1-4H3,(H,21,24)(H,25,26). The molecule has 0 saturated heterocycles. The molecule has 0 bridgehead atoms. The SMILES string of the molecule is CC(C)c1c(C(=O)NCCC(C)(C)C(=O)O)cnn1-c1ccc(F)cc1. The highest BCUT2D eigenvalue weighted by molar-refractivity contribution is 5.95. The van der Waals surface area contributed by atoms with Crippen molar-refractivity contribution >= 4 is 11.9 Å². The van der Waals surface area contributed by atoms with Crippen molar-refractivity contribution in [2.24, 2.45) is 5.41 Å². The molecule has 1 heterocycles. The Labute approximate surface area is 152 Å². The molecule has 2 N–H and O–H groups in total. The van der Waals surface area contributed by atoms with E-state index in [4.69, 9.17) is 5.11 Å². The first-order valence-corrected chi connectivity index (χ1v) is 8.49. The number of benzene rings is 1. The highest BCUT2D eigenvalue weighted by Gasteiger charge is 2.27. The molecule has 7 heteroatoms. The van der Waals surface area contributed by atoms with E-state index in [2.05, 4.69) is 10.4 Å². The Morgan fingerprint density at radius 2 is 1.88 bits per heavy atom. The Kier molecular flexibility index (Phi) is 5.79. The summed E-state index contributed by atoms with van der Waals surface area (Å²) in [7, 11) is 0. The number of carboxylic acids is 1. The van der Waals surface area contributed by atoms with Crippen LogP contribution in [0.25, 0.3) is 5.69 Å². The van der Waals surface area contributed by atoms with Crippen LogP contribution in [0.2, 0.25) is 0 Å². The van der Waals surface area contributed by atoms with Crippen molar-refractivity contribution in [2.45, 2.75) is 40.0 Å². The minimum Gasteiger partial charge on any atom is -0.481 e. The van der Waals surface area contributed by atoms with Gasteiger partial charge in [-0.2, -0.15) is 5.10 Å². The van der Waals surface area contributed by atoms with Gasteiger partial charge in [0.1, 0.15) is 5.82 Å². The lowest BCUT2D eigenvalue weighted by atomic mass is 9.89. The van der Waals surface area contributed by atoms with Gasteiger partial charge in [-0.25, -0.2) is 9.07 Å². The zero-order chi connectivity index (χ0) is 19.5. The van der Waals surface area contributed by atoms with Crippen molar-refractivity contribution in [3.05, 3.63) is 47.5 Å². The van der Waals surface area contributed by atoms with Crippen molar-refractivity contribution in [3.8, 4) is 5.69 Å². The predicted molar refractivity (Wildman–Crippen MR) is 96.0 cm³/mol. The summed E-state index contributed by atoms with van der Waals surface area (Å²) in [4.78, 5) is 23.7. The molecule has 26 heavy (non-hydrogen) atoms. The second-order valence-electron chi connectivity index (χ2n) is 7.18. The van der Waals surface area contributed by atoms with E-state index in [1.54, 1.807) is 30.7 Å². The van der Waals surface area contributed by atoms with Gasteiger partial charge in [0.15, 0.2) is 0 Å². The second-order valence-corrected chi connectivity index (χ2v) is 7.18. The molecule has 140 valence electrons. The van der Waals surface area contributed by atoms with Crippen LogP contribution in [-0.2, 0) is 4.79 Å². The number of carbonyl (C=O) groups is 2. The van der Waals surface area contributed by atoms with Gasteiger partial charge in [0.05, 0.1) is 28.6 Å². The fourth-order valence-corrected chi connectivity index (χ4v) is 2.57. The van der Waals surface area contributed by atoms with Crippen molar-refractivity contribution in [1.29, 1.82) is 0 Å². The van der Waals surface area contributed by atoms with Crippen molar-refractivity contribution in [3.63, 3.8) is 0 Å². The third kappa shape index (κ3) is 4.28. The average molecular weight is 361 g/mol. The van der Waals surface area contributed by atoms with Crippen molar-refractivity contribution in [1.82, 2.24) is 15.1 Å². The van der Waals surface area contributed by atoms with Crippen molar-refractivity contribution in [2.75, 3.05) is 6.54 Å². The molecule has 0 fully saturated rings. The molecule has 0 aliphatic heterocycles. The Morgan fingerprint density at radius 3 is 2.42 bits per heavy atom. The molecule has 0 aliphatic rings. The summed E-state index contributed by atoms with van der Waals surface area (Å²) < 4.78 is 14.8. The Morgan fingerprint density at radius 1 is 1.27 bits per heavy atom. The van der Waals surface area contributed by atoms with Crippen LogP contribution in [0.3, 0.4) is 0 Å². The fraction of sp³-hybridized carbons (Fsp3) is 0.421. The smallest absolute Gasteiger partial charge is 0.309 e. The highest BCUT2D eigenvalue weighted by atomic mass is 19.1. The molecule has 0 unspecified atom stereocenters. The number of rotatable bonds is 7. The van der Waals surface area contributed by atoms with E-state index in [0.29, 0.717) is 23.4 Å². The summed E-state index contributed by atoms with van der Waals surface area (Å²) in [6, 6.07) is 5.89. The van der Waals surface area contributed by atoms with E-state index in [-0.39, 0.29) is 24.2 Å². The van der Waals surface area contributed by atoms with Gasteiger partial charge >= 0.3 is 5.97 Å². The molecule has 0 atom stereocenters. The first kappa shape index (κ1) is 19.6. The topological polar surface area (TPSA) is 84.2 Å². The molecule has 0 saturated carbocycles. The van der Waals surface area contributed by atoms with E-state index in [0.717, 1.165) is 0 Å². The zero-order valence-electron chi connectivity index (χ0n) is 15.4. The molecular formula is C19H24FN3O3. The van der Waals surface area contributed by atoms with Crippen LogP contribution < -0.4 is 5.32 Å². The number of amides is 1. The number of hydrogen-bond donors (Lipinski definition) is 2. The van der Waals surface area contributed by atoms with Gasteiger partial charge in [0.25, 0.3) is 5.91 Å². The molecule has 2 rings (SSSR count). The molecule has 1 aromatic carbocycles.